The van der Waals surface area contributed by atoms with Crippen LogP contribution in [0, 0.1) is 0 Å². The standard InChI is InChI=1S/C35H65O10P/c1-3-5-7-9-11-13-14-15-16-17-19-21-23-25-27-35(39)45-33(29-37)31-43-46(40,41)42-30-32(28-36)44-34(38)26-24-22-20-18-12-10-8-6-4-2/h9,11,14-15,32-33,36-37H,3-8,10,12-13,16-31H2,1-2H3,(H,40,41)/b11-9-,15-14-. The largest absolute Gasteiger partial charge is 0.472 e. The summed E-state index contributed by atoms with van der Waals surface area (Å²) < 4.78 is 32.3. The van der Waals surface area contributed by atoms with Crippen molar-refractivity contribution in [1.29, 1.82) is 0 Å². The molecular formula is C35H65O10P. The fourth-order valence-corrected chi connectivity index (χ4v) is 5.38. The molecule has 0 saturated carbocycles. The van der Waals surface area contributed by atoms with Gasteiger partial charge in [-0.15, -0.1) is 0 Å². The Bertz CT molecular complexity index is 832. The topological polar surface area (TPSA) is 149 Å². The summed E-state index contributed by atoms with van der Waals surface area (Å²) in [6.45, 7) is 2.10. The van der Waals surface area contributed by atoms with Crippen molar-refractivity contribution in [1.82, 2.24) is 0 Å². The fraction of sp³-hybridized carbons (Fsp3) is 0.829. The maximum Gasteiger partial charge on any atom is 0.472 e. The van der Waals surface area contributed by atoms with Crippen molar-refractivity contribution in [3.63, 3.8) is 0 Å². The van der Waals surface area contributed by atoms with Gasteiger partial charge in [0.05, 0.1) is 26.4 Å². The smallest absolute Gasteiger partial charge is 0.457 e. The lowest BCUT2D eigenvalue weighted by Gasteiger charge is -2.20. The van der Waals surface area contributed by atoms with Crippen molar-refractivity contribution < 1.29 is 47.8 Å². The highest BCUT2D eigenvalue weighted by Crippen LogP contribution is 2.43. The SMILES string of the molecule is CCCC/C=C\C/C=C\CCCCCCCC(=O)OC(CO)COP(=O)(O)OCC(CO)OC(=O)CCCCCCCCCCC. The Morgan fingerprint density at radius 3 is 1.41 bits per heavy atom. The van der Waals surface area contributed by atoms with E-state index >= 15 is 0 Å². The van der Waals surface area contributed by atoms with Crippen LogP contribution in [-0.4, -0.2) is 65.7 Å². The van der Waals surface area contributed by atoms with Crippen LogP contribution in [0.15, 0.2) is 24.3 Å². The molecule has 270 valence electrons. The molecule has 0 aliphatic carbocycles. The fourth-order valence-electron chi connectivity index (χ4n) is 4.60. The van der Waals surface area contributed by atoms with Gasteiger partial charge in [-0.2, -0.15) is 0 Å². The molecule has 0 aromatic carbocycles. The Kier molecular flexibility index (Phi) is 30.9. The number of rotatable bonds is 33. The van der Waals surface area contributed by atoms with Crippen LogP contribution in [0.1, 0.15) is 149 Å². The first kappa shape index (κ1) is 44.5. The molecule has 0 aromatic heterocycles. The van der Waals surface area contributed by atoms with E-state index in [2.05, 4.69) is 38.2 Å². The van der Waals surface area contributed by atoms with Crippen LogP contribution < -0.4 is 0 Å². The average molecular weight is 677 g/mol. The molecule has 0 saturated heterocycles. The highest BCUT2D eigenvalue weighted by molar-refractivity contribution is 7.47. The van der Waals surface area contributed by atoms with E-state index in [1.54, 1.807) is 0 Å². The van der Waals surface area contributed by atoms with Crippen LogP contribution in [0.3, 0.4) is 0 Å². The number of aliphatic hydroxyl groups excluding tert-OH is 2. The molecule has 0 heterocycles. The Hall–Kier alpha value is -1.55. The van der Waals surface area contributed by atoms with Gasteiger partial charge in [0.25, 0.3) is 0 Å². The monoisotopic (exact) mass is 676 g/mol. The zero-order chi connectivity index (χ0) is 34.1. The molecular weight excluding hydrogens is 611 g/mol. The van der Waals surface area contributed by atoms with Crippen molar-refractivity contribution in [3.8, 4) is 0 Å². The molecule has 3 unspecified atom stereocenters. The van der Waals surface area contributed by atoms with E-state index in [0.29, 0.717) is 12.8 Å². The van der Waals surface area contributed by atoms with Gasteiger partial charge < -0.3 is 24.6 Å². The van der Waals surface area contributed by atoms with Crippen LogP contribution >= 0.6 is 7.82 Å². The third kappa shape index (κ3) is 29.8. The van der Waals surface area contributed by atoms with E-state index < -0.39 is 58.4 Å². The minimum absolute atomic E-state index is 0.177. The molecule has 0 bridgehead atoms. The molecule has 3 N–H and O–H groups in total. The second-order valence-electron chi connectivity index (χ2n) is 11.9. The van der Waals surface area contributed by atoms with E-state index in [4.69, 9.17) is 18.5 Å². The number of hydrogen-bond acceptors (Lipinski definition) is 9. The summed E-state index contributed by atoms with van der Waals surface area (Å²) in [5.74, 6) is -1.04. The van der Waals surface area contributed by atoms with Gasteiger partial charge in [-0.05, 0) is 38.5 Å². The zero-order valence-electron chi connectivity index (χ0n) is 28.8. The molecule has 0 radical (unpaired) electrons. The molecule has 0 aliphatic heterocycles. The van der Waals surface area contributed by atoms with Crippen LogP contribution in [0.4, 0.5) is 0 Å². The number of allylic oxidation sites excluding steroid dienone is 4. The molecule has 0 amide bonds. The second kappa shape index (κ2) is 32.0. The van der Waals surface area contributed by atoms with Gasteiger partial charge in [0.15, 0.2) is 0 Å². The summed E-state index contributed by atoms with van der Waals surface area (Å²) in [4.78, 5) is 34.2. The first-order valence-electron chi connectivity index (χ1n) is 17.8. The zero-order valence-corrected chi connectivity index (χ0v) is 29.7. The van der Waals surface area contributed by atoms with Crippen molar-refractivity contribution in [3.05, 3.63) is 24.3 Å². The first-order chi connectivity index (χ1) is 22.3. The molecule has 0 rings (SSSR count). The van der Waals surface area contributed by atoms with E-state index in [9.17, 15) is 29.3 Å². The number of unbranched alkanes of at least 4 members (excludes halogenated alkanes) is 15. The minimum atomic E-state index is -4.62. The number of esters is 2. The summed E-state index contributed by atoms with van der Waals surface area (Å²) >= 11 is 0. The summed E-state index contributed by atoms with van der Waals surface area (Å²) in [5.41, 5.74) is 0. The maximum atomic E-state index is 12.3. The molecule has 0 aliphatic rings. The number of aliphatic hydroxyl groups is 2. The minimum Gasteiger partial charge on any atom is -0.457 e. The number of phosphoric ester groups is 1. The van der Waals surface area contributed by atoms with Crippen LogP contribution in [0.25, 0.3) is 0 Å². The lowest BCUT2D eigenvalue weighted by molar-refractivity contribution is -0.153. The number of ether oxygens (including phenoxy) is 2. The number of hydrogen-bond donors (Lipinski definition) is 3. The predicted molar refractivity (Wildman–Crippen MR) is 182 cm³/mol. The highest BCUT2D eigenvalue weighted by atomic mass is 31.2. The Morgan fingerprint density at radius 1 is 0.587 bits per heavy atom. The molecule has 11 heteroatoms. The van der Waals surface area contributed by atoms with Gasteiger partial charge in [-0.3, -0.25) is 18.6 Å². The lowest BCUT2D eigenvalue weighted by atomic mass is 10.1. The van der Waals surface area contributed by atoms with Gasteiger partial charge in [-0.1, -0.05) is 122 Å². The molecule has 0 fully saturated rings. The summed E-state index contributed by atoms with van der Waals surface area (Å²) in [7, 11) is -4.62. The van der Waals surface area contributed by atoms with E-state index in [1.807, 2.05) is 0 Å². The lowest BCUT2D eigenvalue weighted by Crippen LogP contribution is -2.28. The molecule has 3 atom stereocenters. The highest BCUT2D eigenvalue weighted by Gasteiger charge is 2.27. The number of phosphoric acid groups is 1. The van der Waals surface area contributed by atoms with Gasteiger partial charge in [0, 0.05) is 12.8 Å². The van der Waals surface area contributed by atoms with Gasteiger partial charge in [0.2, 0.25) is 0 Å². The summed E-state index contributed by atoms with van der Waals surface area (Å²) in [6, 6.07) is 0. The molecule has 0 spiro atoms. The van der Waals surface area contributed by atoms with Crippen LogP contribution in [0.5, 0.6) is 0 Å². The maximum absolute atomic E-state index is 12.3. The average Bonchev–Trinajstić information content (AvgIpc) is 3.04. The summed E-state index contributed by atoms with van der Waals surface area (Å²) in [5, 5.41) is 19.0. The van der Waals surface area contributed by atoms with Crippen molar-refractivity contribution in [2.24, 2.45) is 0 Å². The van der Waals surface area contributed by atoms with Gasteiger partial charge >= 0.3 is 19.8 Å². The quantitative estimate of drug-likeness (QED) is 0.0268. The normalized spacial score (nSPS) is 14.5. The van der Waals surface area contributed by atoms with E-state index in [1.165, 1.54) is 44.9 Å². The van der Waals surface area contributed by atoms with E-state index in [-0.39, 0.29) is 12.8 Å². The Balaban J connectivity index is 4.03. The third-order valence-electron chi connectivity index (χ3n) is 7.42. The van der Waals surface area contributed by atoms with Gasteiger partial charge in [-0.25, -0.2) is 4.57 Å². The van der Waals surface area contributed by atoms with Crippen molar-refractivity contribution in [2.45, 2.75) is 161 Å². The number of carbonyl (C=O) groups excluding carboxylic acids is 2. The van der Waals surface area contributed by atoms with Crippen molar-refractivity contribution in [2.75, 3.05) is 26.4 Å². The van der Waals surface area contributed by atoms with E-state index in [0.717, 1.165) is 64.2 Å². The predicted octanol–water partition coefficient (Wildman–Crippen LogP) is 8.27. The number of carbonyl (C=O) groups is 2. The molecule has 0 aromatic rings. The third-order valence-corrected chi connectivity index (χ3v) is 8.37. The first-order valence-corrected chi connectivity index (χ1v) is 19.3. The van der Waals surface area contributed by atoms with Crippen LogP contribution in [0.2, 0.25) is 0 Å². The van der Waals surface area contributed by atoms with Crippen LogP contribution in [-0.2, 0) is 32.7 Å². The second-order valence-corrected chi connectivity index (χ2v) is 13.3. The van der Waals surface area contributed by atoms with Crippen molar-refractivity contribution >= 4 is 19.8 Å². The summed E-state index contributed by atoms with van der Waals surface area (Å²) in [6.07, 6.45) is 27.4. The molecule has 10 nitrogen and oxygen atoms in total. The molecule has 46 heavy (non-hydrogen) atoms. The Labute approximate surface area is 278 Å². The van der Waals surface area contributed by atoms with Gasteiger partial charge in [0.1, 0.15) is 12.2 Å². The Morgan fingerprint density at radius 2 is 0.978 bits per heavy atom.